The molecule has 2 rings (SSSR count). The van der Waals surface area contributed by atoms with Crippen molar-refractivity contribution in [2.75, 3.05) is 6.61 Å². The second kappa shape index (κ2) is 6.16. The molecule has 0 saturated carbocycles. The first-order valence-electron chi connectivity index (χ1n) is 7.23. The van der Waals surface area contributed by atoms with E-state index < -0.39 is 0 Å². The van der Waals surface area contributed by atoms with Gasteiger partial charge in [-0.2, -0.15) is 0 Å². The van der Waals surface area contributed by atoms with E-state index in [4.69, 9.17) is 10.5 Å². The number of hydrogen-bond acceptors (Lipinski definition) is 4. The van der Waals surface area contributed by atoms with Gasteiger partial charge in [0, 0.05) is 16.8 Å². The minimum Gasteiger partial charge on any atom is -0.493 e. The first kappa shape index (κ1) is 16.0. The lowest BCUT2D eigenvalue weighted by atomic mass is 10.0. The van der Waals surface area contributed by atoms with E-state index in [1.165, 1.54) is 11.1 Å². The van der Waals surface area contributed by atoms with Crippen molar-refractivity contribution in [3.63, 3.8) is 0 Å². The van der Waals surface area contributed by atoms with Crippen molar-refractivity contribution >= 4 is 11.3 Å². The van der Waals surface area contributed by atoms with Crippen molar-refractivity contribution in [2.24, 2.45) is 5.73 Å². The van der Waals surface area contributed by atoms with Gasteiger partial charge >= 0.3 is 0 Å². The Bertz CT molecular complexity index is 626. The molecule has 21 heavy (non-hydrogen) atoms. The van der Waals surface area contributed by atoms with E-state index in [1.54, 1.807) is 11.3 Å². The van der Waals surface area contributed by atoms with E-state index in [0.29, 0.717) is 6.61 Å². The number of ether oxygens (including phenoxy) is 1. The number of nitrogens with zero attached hydrogens (tertiary/aromatic N) is 1. The van der Waals surface area contributed by atoms with Crippen molar-refractivity contribution in [1.82, 2.24) is 4.98 Å². The molecule has 0 aliphatic heterocycles. The van der Waals surface area contributed by atoms with Gasteiger partial charge in [-0.25, -0.2) is 4.98 Å². The van der Waals surface area contributed by atoms with Gasteiger partial charge < -0.3 is 10.5 Å². The molecule has 0 fully saturated rings. The van der Waals surface area contributed by atoms with Gasteiger partial charge in [0.1, 0.15) is 5.75 Å². The average molecular weight is 304 g/mol. The van der Waals surface area contributed by atoms with E-state index in [0.717, 1.165) is 27.7 Å². The summed E-state index contributed by atoms with van der Waals surface area (Å²) in [5.74, 6) is 0.922. The molecular formula is C17H24N2OS. The highest BCUT2D eigenvalue weighted by Gasteiger charge is 2.21. The summed E-state index contributed by atoms with van der Waals surface area (Å²) in [6.45, 7) is 10.9. The largest absolute Gasteiger partial charge is 0.493 e. The molecule has 3 nitrogen and oxygen atoms in total. The molecule has 0 atom stereocenters. The van der Waals surface area contributed by atoms with Crippen LogP contribution in [-0.2, 0) is 12.0 Å². The number of benzene rings is 1. The summed E-state index contributed by atoms with van der Waals surface area (Å²) < 4.78 is 5.82. The number of thiazole rings is 1. The zero-order valence-corrected chi connectivity index (χ0v) is 14.3. The standard InChI is InChI=1S/C17H24N2OS/c1-11-6-7-14(10-12(11)2)20-9-8-15-19-13(3)16(21-15)17(4,5)18/h6-7,10H,8-9,18H2,1-5H3. The van der Waals surface area contributed by atoms with Crippen molar-refractivity contribution in [3.8, 4) is 5.75 Å². The molecule has 2 N–H and O–H groups in total. The van der Waals surface area contributed by atoms with Gasteiger partial charge in [-0.3, -0.25) is 0 Å². The summed E-state index contributed by atoms with van der Waals surface area (Å²) in [4.78, 5) is 5.75. The lowest BCUT2D eigenvalue weighted by Crippen LogP contribution is -2.28. The summed E-state index contributed by atoms with van der Waals surface area (Å²) in [6.07, 6.45) is 0.814. The van der Waals surface area contributed by atoms with E-state index in [-0.39, 0.29) is 5.54 Å². The van der Waals surface area contributed by atoms with E-state index in [1.807, 2.05) is 26.8 Å². The molecule has 0 aliphatic carbocycles. The number of aryl methyl sites for hydroxylation is 3. The predicted molar refractivity (Wildman–Crippen MR) is 89.2 cm³/mol. The van der Waals surface area contributed by atoms with Crippen LogP contribution in [0.5, 0.6) is 5.75 Å². The van der Waals surface area contributed by atoms with E-state index in [2.05, 4.69) is 31.0 Å². The second-order valence-electron chi connectivity index (χ2n) is 6.09. The zero-order chi connectivity index (χ0) is 15.6. The lowest BCUT2D eigenvalue weighted by Gasteiger charge is -2.16. The molecule has 0 amide bonds. The Kier molecular flexibility index (Phi) is 4.69. The van der Waals surface area contributed by atoms with Crippen LogP contribution >= 0.6 is 11.3 Å². The molecule has 2 aromatic rings. The molecule has 0 unspecified atom stereocenters. The molecule has 0 spiro atoms. The normalized spacial score (nSPS) is 11.7. The molecule has 114 valence electrons. The van der Waals surface area contributed by atoms with Crippen molar-refractivity contribution in [1.29, 1.82) is 0 Å². The summed E-state index contributed by atoms with van der Waals surface area (Å²) >= 11 is 1.69. The third-order valence-electron chi connectivity index (χ3n) is 3.49. The Hall–Kier alpha value is -1.39. The maximum absolute atomic E-state index is 6.16. The monoisotopic (exact) mass is 304 g/mol. The van der Waals surface area contributed by atoms with Gasteiger partial charge in [0.2, 0.25) is 0 Å². The predicted octanol–water partition coefficient (Wildman–Crippen LogP) is 3.88. The number of nitrogens with two attached hydrogens (primary N) is 1. The smallest absolute Gasteiger partial charge is 0.119 e. The fourth-order valence-corrected chi connectivity index (χ4v) is 3.28. The molecule has 0 saturated heterocycles. The maximum Gasteiger partial charge on any atom is 0.119 e. The van der Waals surface area contributed by atoms with Crippen LogP contribution in [0.15, 0.2) is 18.2 Å². The SMILES string of the molecule is Cc1ccc(OCCc2nc(C)c(C(C)(C)N)s2)cc1C. The van der Waals surface area contributed by atoms with Crippen LogP contribution in [0.4, 0.5) is 0 Å². The summed E-state index contributed by atoms with van der Waals surface area (Å²) in [6, 6.07) is 6.19. The molecule has 1 heterocycles. The summed E-state index contributed by atoms with van der Waals surface area (Å²) in [7, 11) is 0. The van der Waals surface area contributed by atoms with Gasteiger partial charge in [-0.15, -0.1) is 11.3 Å². The number of hydrogen-bond donors (Lipinski definition) is 1. The Labute approximate surface area is 131 Å². The first-order valence-corrected chi connectivity index (χ1v) is 8.05. The van der Waals surface area contributed by atoms with Crippen molar-refractivity contribution in [3.05, 3.63) is 44.9 Å². The van der Waals surface area contributed by atoms with Crippen LogP contribution in [0.25, 0.3) is 0 Å². The Morgan fingerprint density at radius 2 is 1.90 bits per heavy atom. The van der Waals surface area contributed by atoms with Crippen LogP contribution in [-0.4, -0.2) is 11.6 Å². The van der Waals surface area contributed by atoms with Crippen LogP contribution in [0, 0.1) is 20.8 Å². The Morgan fingerprint density at radius 3 is 2.48 bits per heavy atom. The number of rotatable bonds is 5. The van der Waals surface area contributed by atoms with Crippen LogP contribution in [0.1, 0.15) is 40.6 Å². The molecular weight excluding hydrogens is 280 g/mol. The Morgan fingerprint density at radius 1 is 1.19 bits per heavy atom. The minimum atomic E-state index is -0.324. The molecule has 0 bridgehead atoms. The van der Waals surface area contributed by atoms with Crippen molar-refractivity contribution in [2.45, 2.75) is 46.6 Å². The van der Waals surface area contributed by atoms with Gasteiger partial charge in [-0.1, -0.05) is 6.07 Å². The van der Waals surface area contributed by atoms with Gasteiger partial charge in [0.15, 0.2) is 0 Å². The zero-order valence-electron chi connectivity index (χ0n) is 13.5. The molecule has 4 heteroatoms. The summed E-state index contributed by atoms with van der Waals surface area (Å²) in [5.41, 5.74) is 9.41. The fraction of sp³-hybridized carbons (Fsp3) is 0.471. The fourth-order valence-electron chi connectivity index (χ4n) is 2.22. The van der Waals surface area contributed by atoms with E-state index in [9.17, 15) is 0 Å². The summed E-state index contributed by atoms with van der Waals surface area (Å²) in [5, 5.41) is 1.09. The van der Waals surface area contributed by atoms with Gasteiger partial charge in [0.25, 0.3) is 0 Å². The second-order valence-corrected chi connectivity index (χ2v) is 7.17. The van der Waals surface area contributed by atoms with E-state index >= 15 is 0 Å². The quantitative estimate of drug-likeness (QED) is 0.912. The lowest BCUT2D eigenvalue weighted by molar-refractivity contribution is 0.321. The molecule has 0 aliphatic rings. The van der Waals surface area contributed by atoms with Crippen LogP contribution < -0.4 is 10.5 Å². The molecule has 0 radical (unpaired) electrons. The minimum absolute atomic E-state index is 0.324. The molecule has 1 aromatic carbocycles. The highest BCUT2D eigenvalue weighted by Crippen LogP contribution is 2.28. The van der Waals surface area contributed by atoms with Crippen molar-refractivity contribution < 1.29 is 4.74 Å². The topological polar surface area (TPSA) is 48.1 Å². The third kappa shape index (κ3) is 4.05. The van der Waals surface area contributed by atoms with Crippen LogP contribution in [0.2, 0.25) is 0 Å². The van der Waals surface area contributed by atoms with Gasteiger partial charge in [-0.05, 0) is 57.9 Å². The van der Waals surface area contributed by atoms with Crippen LogP contribution in [0.3, 0.4) is 0 Å². The highest BCUT2D eigenvalue weighted by molar-refractivity contribution is 7.11. The molecule has 1 aromatic heterocycles. The highest BCUT2D eigenvalue weighted by atomic mass is 32.1. The van der Waals surface area contributed by atoms with Gasteiger partial charge in [0.05, 0.1) is 17.3 Å². The number of aromatic nitrogens is 1. The third-order valence-corrected chi connectivity index (χ3v) is 5.05. The Balaban J connectivity index is 1.96. The maximum atomic E-state index is 6.16. The first-order chi connectivity index (χ1) is 9.77. The average Bonchev–Trinajstić information content (AvgIpc) is 2.75.